The lowest BCUT2D eigenvalue weighted by atomic mass is 9.99. The molecule has 288 valence electrons. The quantitative estimate of drug-likeness (QED) is 0.134. The molecule has 2 amide bonds. The summed E-state index contributed by atoms with van der Waals surface area (Å²) in [6.45, 7) is 11.4. The van der Waals surface area contributed by atoms with Crippen LogP contribution in [0.25, 0.3) is 22.2 Å². The minimum Gasteiger partial charge on any atom is -0.381 e. The van der Waals surface area contributed by atoms with Crippen molar-refractivity contribution in [3.8, 4) is 11.1 Å². The molecule has 2 saturated heterocycles. The van der Waals surface area contributed by atoms with Gasteiger partial charge < -0.3 is 25.6 Å². The van der Waals surface area contributed by atoms with E-state index in [2.05, 4.69) is 57.0 Å². The number of ether oxygens (including phenoxy) is 1. The number of halogens is 1. The molecule has 12 heteroatoms. The predicted octanol–water partition coefficient (Wildman–Crippen LogP) is 6.02. The highest BCUT2D eigenvalue weighted by Gasteiger charge is 2.23. The smallest absolute Gasteiger partial charge is 0.251 e. The molecule has 55 heavy (non-hydrogen) atoms. The van der Waals surface area contributed by atoms with Crippen molar-refractivity contribution in [1.82, 2.24) is 35.2 Å². The number of anilines is 1. The largest absolute Gasteiger partial charge is 0.381 e. The Morgan fingerprint density at radius 1 is 0.891 bits per heavy atom. The molecular weight excluding hydrogens is 696 g/mol. The number of likely N-dealkylation sites (N-methyl/N-ethyl adjacent to an activating group) is 1. The Morgan fingerprint density at radius 3 is 2.33 bits per heavy atom. The molecule has 0 saturated carbocycles. The molecule has 2 aliphatic rings. The van der Waals surface area contributed by atoms with Crippen LogP contribution in [0, 0.1) is 5.82 Å². The van der Waals surface area contributed by atoms with E-state index in [1.165, 1.54) is 0 Å². The molecule has 0 unspecified atom stereocenters. The van der Waals surface area contributed by atoms with Crippen LogP contribution in [-0.2, 0) is 37.3 Å². The Labute approximate surface area is 322 Å². The Balaban J connectivity index is 1.02. The van der Waals surface area contributed by atoms with Crippen LogP contribution in [-0.4, -0.2) is 88.9 Å². The van der Waals surface area contributed by atoms with Crippen LogP contribution in [0.5, 0.6) is 0 Å². The molecule has 3 N–H and O–H groups in total. The molecule has 2 aliphatic heterocycles. The number of aryl methyl sites for hydroxylation is 2. The molecule has 5 aromatic rings. The highest BCUT2D eigenvalue weighted by molar-refractivity contribution is 6.00. The van der Waals surface area contributed by atoms with Crippen molar-refractivity contribution in [2.45, 2.75) is 65.3 Å². The fourth-order valence-corrected chi connectivity index (χ4v) is 7.49. The van der Waals surface area contributed by atoms with Gasteiger partial charge in [-0.1, -0.05) is 49.4 Å². The van der Waals surface area contributed by atoms with Gasteiger partial charge in [0, 0.05) is 105 Å². The minimum absolute atomic E-state index is 0.00268. The van der Waals surface area contributed by atoms with Gasteiger partial charge in [-0.25, -0.2) is 14.1 Å². The molecule has 0 bridgehead atoms. The molecule has 4 heterocycles. The number of nitrogens with one attached hydrogen (secondary N) is 3. The number of benzene rings is 3. The molecule has 0 spiro atoms. The average molecular weight is 747 g/mol. The second kappa shape index (κ2) is 17.5. The Kier molecular flexibility index (Phi) is 12.1. The van der Waals surface area contributed by atoms with Crippen LogP contribution in [0.3, 0.4) is 0 Å². The average Bonchev–Trinajstić information content (AvgIpc) is 3.64. The second-order valence-corrected chi connectivity index (χ2v) is 14.5. The van der Waals surface area contributed by atoms with E-state index in [1.807, 2.05) is 36.0 Å². The summed E-state index contributed by atoms with van der Waals surface area (Å²) in [6, 6.07) is 20.1. The van der Waals surface area contributed by atoms with Gasteiger partial charge in [-0.3, -0.25) is 14.5 Å². The number of hydrogen-bond acceptors (Lipinski definition) is 8. The van der Waals surface area contributed by atoms with Crippen molar-refractivity contribution in [2.24, 2.45) is 0 Å². The number of amides is 2. The van der Waals surface area contributed by atoms with Gasteiger partial charge in [0.15, 0.2) is 5.65 Å². The maximum absolute atomic E-state index is 15.9. The number of piperazine rings is 1. The van der Waals surface area contributed by atoms with Crippen molar-refractivity contribution in [1.29, 1.82) is 0 Å². The van der Waals surface area contributed by atoms with Crippen molar-refractivity contribution < 1.29 is 18.7 Å². The fourth-order valence-electron chi connectivity index (χ4n) is 7.49. The Hall–Kier alpha value is -5.17. The first-order chi connectivity index (χ1) is 26.8. The zero-order valence-electron chi connectivity index (χ0n) is 32.0. The summed E-state index contributed by atoms with van der Waals surface area (Å²) in [6.07, 6.45) is 4.30. The number of fused-ring (bicyclic) bond motifs is 1. The van der Waals surface area contributed by atoms with Gasteiger partial charge in [0.25, 0.3) is 11.8 Å². The lowest BCUT2D eigenvalue weighted by Crippen LogP contribution is -2.43. The standard InChI is InChI=1S/C43H51FN8O3/c1-4-38-36(40(48-34-15-21-55-22-16-34)37-27-47-52(5-2)41(37)49-38)26-46-43(54)32-12-7-11-31(24-32)42(53)45-25-33-13-8-14-35(39(33)44)30-10-6-9-29(23-30)28-51-19-17-50(3)18-20-51/h6-14,23-24,27,34H,4-5,15-22,25-26,28H2,1-3H3,(H,45,53)(H,46,54)(H,48,49). The van der Waals surface area contributed by atoms with Crippen LogP contribution in [0.1, 0.15) is 69.8 Å². The number of rotatable bonds is 13. The molecule has 11 nitrogen and oxygen atoms in total. The molecule has 2 aromatic heterocycles. The lowest BCUT2D eigenvalue weighted by Gasteiger charge is -2.32. The van der Waals surface area contributed by atoms with E-state index >= 15 is 4.39 Å². The maximum Gasteiger partial charge on any atom is 0.251 e. The van der Waals surface area contributed by atoms with Crippen LogP contribution >= 0.6 is 0 Å². The van der Waals surface area contributed by atoms with Gasteiger partial charge in [0.05, 0.1) is 17.3 Å². The number of carbonyl (C=O) groups excluding carboxylic acids is 2. The van der Waals surface area contributed by atoms with Crippen LogP contribution in [0.15, 0.2) is 72.9 Å². The summed E-state index contributed by atoms with van der Waals surface area (Å²) >= 11 is 0. The summed E-state index contributed by atoms with van der Waals surface area (Å²) in [5.41, 5.74) is 7.06. The van der Waals surface area contributed by atoms with Crippen LogP contribution in [0.2, 0.25) is 0 Å². The normalized spacial score (nSPS) is 15.6. The Bertz CT molecular complexity index is 2140. The first-order valence-electron chi connectivity index (χ1n) is 19.5. The summed E-state index contributed by atoms with van der Waals surface area (Å²) in [5.74, 6) is -1.07. The zero-order chi connectivity index (χ0) is 38.3. The number of nitrogens with zero attached hydrogens (tertiary/aromatic N) is 5. The van der Waals surface area contributed by atoms with Gasteiger partial charge in [-0.05, 0) is 68.6 Å². The van der Waals surface area contributed by atoms with E-state index < -0.39 is 5.91 Å². The summed E-state index contributed by atoms with van der Waals surface area (Å²) in [5, 5.41) is 15.2. The molecule has 0 atom stereocenters. The first kappa shape index (κ1) is 38.1. The van der Waals surface area contributed by atoms with E-state index in [4.69, 9.17) is 9.72 Å². The van der Waals surface area contributed by atoms with Gasteiger partial charge in [-0.15, -0.1) is 0 Å². The predicted molar refractivity (Wildman–Crippen MR) is 213 cm³/mol. The highest BCUT2D eigenvalue weighted by atomic mass is 19.1. The van der Waals surface area contributed by atoms with E-state index in [9.17, 15) is 9.59 Å². The number of hydrogen-bond donors (Lipinski definition) is 3. The van der Waals surface area contributed by atoms with Gasteiger partial charge >= 0.3 is 0 Å². The van der Waals surface area contributed by atoms with Gasteiger partial charge in [-0.2, -0.15) is 5.10 Å². The van der Waals surface area contributed by atoms with Crippen molar-refractivity contribution in [3.05, 3.63) is 112 Å². The van der Waals surface area contributed by atoms with Gasteiger partial charge in [0.1, 0.15) is 5.82 Å². The number of carbonyl (C=O) groups is 2. The third kappa shape index (κ3) is 8.88. The summed E-state index contributed by atoms with van der Waals surface area (Å²) in [7, 11) is 2.14. The molecule has 2 fully saturated rings. The molecule has 3 aromatic carbocycles. The van der Waals surface area contributed by atoms with E-state index in [-0.39, 0.29) is 30.9 Å². The molecule has 7 rings (SSSR count). The summed E-state index contributed by atoms with van der Waals surface area (Å²) in [4.78, 5) is 36.7. The molecule has 0 aliphatic carbocycles. The van der Waals surface area contributed by atoms with E-state index in [0.717, 1.165) is 84.7 Å². The van der Waals surface area contributed by atoms with E-state index in [1.54, 1.807) is 36.4 Å². The van der Waals surface area contributed by atoms with E-state index in [0.29, 0.717) is 48.4 Å². The second-order valence-electron chi connectivity index (χ2n) is 14.5. The van der Waals surface area contributed by atoms with Crippen molar-refractivity contribution >= 4 is 28.5 Å². The van der Waals surface area contributed by atoms with Crippen molar-refractivity contribution in [2.75, 3.05) is 51.8 Å². The first-order valence-corrected chi connectivity index (χ1v) is 19.5. The summed E-state index contributed by atoms with van der Waals surface area (Å²) < 4.78 is 23.4. The fraction of sp³-hybridized carbons (Fsp3) is 0.395. The lowest BCUT2D eigenvalue weighted by molar-refractivity contribution is 0.0904. The maximum atomic E-state index is 15.9. The molecule has 0 radical (unpaired) electrons. The third-order valence-electron chi connectivity index (χ3n) is 10.7. The Morgan fingerprint density at radius 2 is 1.60 bits per heavy atom. The van der Waals surface area contributed by atoms with Crippen LogP contribution < -0.4 is 16.0 Å². The minimum atomic E-state index is -0.396. The zero-order valence-corrected chi connectivity index (χ0v) is 32.0. The number of aromatic nitrogens is 3. The number of pyridine rings is 1. The van der Waals surface area contributed by atoms with Crippen molar-refractivity contribution in [3.63, 3.8) is 0 Å². The monoisotopic (exact) mass is 746 g/mol. The highest BCUT2D eigenvalue weighted by Crippen LogP contribution is 2.32. The van der Waals surface area contributed by atoms with Gasteiger partial charge in [0.2, 0.25) is 0 Å². The third-order valence-corrected chi connectivity index (χ3v) is 10.7. The topological polar surface area (TPSA) is 117 Å². The molecular formula is C43H51FN8O3. The van der Waals surface area contributed by atoms with Crippen LogP contribution in [0.4, 0.5) is 10.1 Å². The SMILES string of the molecule is CCc1nc2c(cnn2CC)c(NC2CCOCC2)c1CNC(=O)c1cccc(C(=O)NCc2cccc(-c3cccc(CN4CCN(C)CC4)c3)c2F)c1.